The number of aromatic nitrogens is 1. The molecule has 0 amide bonds. The lowest BCUT2D eigenvalue weighted by atomic mass is 9.97. The van der Waals surface area contributed by atoms with E-state index < -0.39 is 0 Å². The highest BCUT2D eigenvalue weighted by Gasteiger charge is 2.11. The first-order valence-electron chi connectivity index (χ1n) is 10.6. The van der Waals surface area contributed by atoms with Gasteiger partial charge in [-0.2, -0.15) is 0 Å². The predicted molar refractivity (Wildman–Crippen MR) is 123 cm³/mol. The lowest BCUT2D eigenvalue weighted by molar-refractivity contribution is 0.876. The monoisotopic (exact) mass is 369 g/mol. The topological polar surface area (TPSA) is 12.9 Å². The molecule has 0 unspecified atom stereocenters. The van der Waals surface area contributed by atoms with Crippen molar-refractivity contribution in [2.24, 2.45) is 0 Å². The van der Waals surface area contributed by atoms with Crippen molar-refractivity contribution in [1.29, 1.82) is 0 Å². The van der Waals surface area contributed by atoms with Crippen LogP contribution < -0.4 is 0 Å². The quantitative estimate of drug-likeness (QED) is 0.535. The number of allylic oxidation sites excluding steroid dienone is 8. The molecule has 144 valence electrons. The summed E-state index contributed by atoms with van der Waals surface area (Å²) < 4.78 is 0. The van der Waals surface area contributed by atoms with E-state index in [1.807, 2.05) is 13.8 Å². The van der Waals surface area contributed by atoms with Gasteiger partial charge in [0.15, 0.2) is 0 Å². The molecular formula is C27H31N. The Hall–Kier alpha value is -2.67. The standard InChI is InChI=1S/C25H25N.C2H6/c1-19-10-9-15-22(16-19)23-17-24(20-11-5-2-3-6-12-20)26-25(18-23)21-13-7-4-8-14-21;1-2/h5,7,9-18H,2-4,6,8H2,1H3;1-2H3. The molecular weight excluding hydrogens is 338 g/mol. The molecule has 0 spiro atoms. The highest BCUT2D eigenvalue weighted by atomic mass is 14.7. The van der Waals surface area contributed by atoms with Crippen molar-refractivity contribution >= 4 is 11.1 Å². The Bertz CT molecular complexity index is 925. The van der Waals surface area contributed by atoms with Gasteiger partial charge >= 0.3 is 0 Å². The first kappa shape index (κ1) is 20.1. The minimum Gasteiger partial charge on any atom is -0.248 e. The minimum absolute atomic E-state index is 1.08. The second-order valence-electron chi connectivity index (χ2n) is 7.13. The molecule has 0 radical (unpaired) electrons. The van der Waals surface area contributed by atoms with Gasteiger partial charge in [0.2, 0.25) is 0 Å². The Labute approximate surface area is 170 Å². The third-order valence-corrected chi connectivity index (χ3v) is 5.00. The molecule has 0 bridgehead atoms. The van der Waals surface area contributed by atoms with E-state index in [0.717, 1.165) is 37.1 Å². The molecule has 2 aliphatic carbocycles. The van der Waals surface area contributed by atoms with Gasteiger partial charge < -0.3 is 0 Å². The molecule has 0 atom stereocenters. The molecule has 1 aromatic carbocycles. The minimum atomic E-state index is 1.08. The summed E-state index contributed by atoms with van der Waals surface area (Å²) in [7, 11) is 0. The van der Waals surface area contributed by atoms with Crippen molar-refractivity contribution < 1.29 is 0 Å². The van der Waals surface area contributed by atoms with Crippen LogP contribution in [0.25, 0.3) is 22.3 Å². The van der Waals surface area contributed by atoms with Gasteiger partial charge in [-0.05, 0) is 73.4 Å². The second-order valence-corrected chi connectivity index (χ2v) is 7.13. The van der Waals surface area contributed by atoms with Gasteiger partial charge in [0, 0.05) is 0 Å². The van der Waals surface area contributed by atoms with Crippen LogP contribution in [0.2, 0.25) is 0 Å². The maximum absolute atomic E-state index is 5.03. The van der Waals surface area contributed by atoms with E-state index in [1.165, 1.54) is 34.3 Å². The van der Waals surface area contributed by atoms with Gasteiger partial charge in [0.1, 0.15) is 0 Å². The van der Waals surface area contributed by atoms with Gasteiger partial charge in [-0.1, -0.05) is 80.1 Å². The van der Waals surface area contributed by atoms with Crippen molar-refractivity contribution in [1.82, 2.24) is 4.98 Å². The van der Waals surface area contributed by atoms with Crippen LogP contribution in [0, 0.1) is 6.92 Å². The molecule has 0 N–H and O–H groups in total. The fraction of sp³-hybridized carbons (Fsp3) is 0.296. The van der Waals surface area contributed by atoms with Crippen LogP contribution in [0.4, 0.5) is 0 Å². The number of hydrogen-bond acceptors (Lipinski definition) is 1. The molecule has 1 heteroatoms. The summed E-state index contributed by atoms with van der Waals surface area (Å²) in [5.41, 5.74) is 8.43. The van der Waals surface area contributed by atoms with Crippen molar-refractivity contribution in [3.63, 3.8) is 0 Å². The highest BCUT2D eigenvalue weighted by Crippen LogP contribution is 2.30. The number of nitrogens with zero attached hydrogens (tertiary/aromatic N) is 1. The molecule has 0 fully saturated rings. The van der Waals surface area contributed by atoms with Crippen molar-refractivity contribution in [3.8, 4) is 11.1 Å². The van der Waals surface area contributed by atoms with Gasteiger partial charge in [0.25, 0.3) is 0 Å². The Balaban J connectivity index is 0.00000109. The molecule has 4 rings (SSSR count). The smallest absolute Gasteiger partial charge is 0.0712 e. The molecule has 2 aromatic rings. The number of aryl methyl sites for hydroxylation is 1. The van der Waals surface area contributed by atoms with E-state index >= 15 is 0 Å². The average Bonchev–Trinajstić information content (AvgIpc) is 3.05. The Kier molecular flexibility index (Phi) is 7.19. The SMILES string of the molecule is CC.Cc1cccc(-c2cc(C3=CCCC=C3)nc(C3=CCCCC=C3)c2)c1. The normalized spacial score (nSPS) is 15.8. The van der Waals surface area contributed by atoms with Crippen molar-refractivity contribution in [2.75, 3.05) is 0 Å². The van der Waals surface area contributed by atoms with Gasteiger partial charge in [-0.3, -0.25) is 0 Å². The largest absolute Gasteiger partial charge is 0.248 e. The zero-order chi connectivity index (χ0) is 19.8. The lowest BCUT2D eigenvalue weighted by Gasteiger charge is -2.13. The third-order valence-electron chi connectivity index (χ3n) is 5.00. The van der Waals surface area contributed by atoms with Crippen LogP contribution in [0.5, 0.6) is 0 Å². The summed E-state index contributed by atoms with van der Waals surface area (Å²) in [6.07, 6.45) is 19.3. The maximum atomic E-state index is 5.03. The summed E-state index contributed by atoms with van der Waals surface area (Å²) in [6.45, 7) is 6.15. The average molecular weight is 370 g/mol. The Morgan fingerprint density at radius 3 is 2.04 bits per heavy atom. The molecule has 0 saturated carbocycles. The maximum Gasteiger partial charge on any atom is 0.0712 e. The summed E-state index contributed by atoms with van der Waals surface area (Å²) in [5, 5.41) is 0. The molecule has 1 heterocycles. The predicted octanol–water partition coefficient (Wildman–Crippen LogP) is 7.94. The zero-order valence-corrected chi connectivity index (χ0v) is 17.4. The van der Waals surface area contributed by atoms with E-state index in [0.29, 0.717) is 0 Å². The zero-order valence-electron chi connectivity index (χ0n) is 17.4. The third kappa shape index (κ3) is 4.98. The van der Waals surface area contributed by atoms with E-state index in [2.05, 4.69) is 79.8 Å². The van der Waals surface area contributed by atoms with Crippen molar-refractivity contribution in [2.45, 2.75) is 52.9 Å². The fourth-order valence-corrected chi connectivity index (χ4v) is 3.58. The fourth-order valence-electron chi connectivity index (χ4n) is 3.58. The van der Waals surface area contributed by atoms with Gasteiger partial charge in [-0.25, -0.2) is 4.98 Å². The van der Waals surface area contributed by atoms with Crippen LogP contribution in [-0.4, -0.2) is 4.98 Å². The summed E-state index contributed by atoms with van der Waals surface area (Å²) in [5.74, 6) is 0. The molecule has 2 aliphatic rings. The highest BCUT2D eigenvalue weighted by molar-refractivity contribution is 5.81. The number of pyridine rings is 1. The Morgan fingerprint density at radius 1 is 0.714 bits per heavy atom. The summed E-state index contributed by atoms with van der Waals surface area (Å²) in [4.78, 5) is 5.03. The molecule has 1 aromatic heterocycles. The Morgan fingerprint density at radius 2 is 1.39 bits per heavy atom. The number of benzene rings is 1. The van der Waals surface area contributed by atoms with E-state index in [4.69, 9.17) is 4.98 Å². The first-order valence-corrected chi connectivity index (χ1v) is 10.6. The van der Waals surface area contributed by atoms with E-state index in [1.54, 1.807) is 0 Å². The van der Waals surface area contributed by atoms with E-state index in [-0.39, 0.29) is 0 Å². The van der Waals surface area contributed by atoms with Crippen molar-refractivity contribution in [3.05, 3.63) is 89.8 Å². The number of hydrogen-bond donors (Lipinski definition) is 0. The van der Waals surface area contributed by atoms with Crippen LogP contribution in [0.3, 0.4) is 0 Å². The van der Waals surface area contributed by atoms with Gasteiger partial charge in [0.05, 0.1) is 11.4 Å². The van der Waals surface area contributed by atoms with Crippen LogP contribution in [-0.2, 0) is 0 Å². The molecule has 0 saturated heterocycles. The second kappa shape index (κ2) is 10.0. The first-order chi connectivity index (χ1) is 13.8. The van der Waals surface area contributed by atoms with Crippen LogP contribution in [0.1, 0.15) is 62.9 Å². The number of rotatable bonds is 3. The van der Waals surface area contributed by atoms with E-state index in [9.17, 15) is 0 Å². The van der Waals surface area contributed by atoms with Crippen LogP contribution >= 0.6 is 0 Å². The summed E-state index contributed by atoms with van der Waals surface area (Å²) >= 11 is 0. The van der Waals surface area contributed by atoms with Gasteiger partial charge in [-0.15, -0.1) is 0 Å². The molecule has 1 nitrogen and oxygen atoms in total. The summed E-state index contributed by atoms with van der Waals surface area (Å²) in [6, 6.07) is 13.2. The molecule has 28 heavy (non-hydrogen) atoms. The van der Waals surface area contributed by atoms with Crippen LogP contribution in [0.15, 0.2) is 72.9 Å². The lowest BCUT2D eigenvalue weighted by Crippen LogP contribution is -1.97. The molecule has 0 aliphatic heterocycles.